The summed E-state index contributed by atoms with van der Waals surface area (Å²) >= 11 is 5.94. The third-order valence-corrected chi connectivity index (χ3v) is 6.50. The number of halogens is 4. The maximum absolute atomic E-state index is 13.5. The van der Waals surface area contributed by atoms with Crippen molar-refractivity contribution in [3.8, 4) is 11.5 Å². The van der Waals surface area contributed by atoms with Crippen LogP contribution in [0.15, 0.2) is 36.5 Å². The molecule has 6 nitrogen and oxygen atoms in total. The highest BCUT2D eigenvalue weighted by atomic mass is 35.5. The molecule has 1 fully saturated rings. The van der Waals surface area contributed by atoms with Gasteiger partial charge in [-0.25, -0.2) is 0 Å². The lowest BCUT2D eigenvalue weighted by atomic mass is 9.90. The van der Waals surface area contributed by atoms with Crippen LogP contribution in [0.1, 0.15) is 52.6 Å². The van der Waals surface area contributed by atoms with Crippen LogP contribution in [0.25, 0.3) is 11.5 Å². The van der Waals surface area contributed by atoms with Crippen molar-refractivity contribution < 1.29 is 18.0 Å². The normalized spacial score (nSPS) is 20.2. The van der Waals surface area contributed by atoms with Gasteiger partial charge in [0.05, 0.1) is 22.7 Å². The maximum Gasteiger partial charge on any atom is 0.416 e. The average Bonchev–Trinajstić information content (AvgIpc) is 3.16. The molecule has 2 aromatic heterocycles. The summed E-state index contributed by atoms with van der Waals surface area (Å²) in [7, 11) is 0. The zero-order valence-electron chi connectivity index (χ0n) is 17.1. The molecular weight excluding hydrogens is 443 g/mol. The van der Waals surface area contributed by atoms with Crippen LogP contribution in [0.5, 0.6) is 0 Å². The molecule has 2 aliphatic heterocycles. The van der Waals surface area contributed by atoms with Crippen LogP contribution in [-0.2, 0) is 12.7 Å². The lowest BCUT2D eigenvalue weighted by Gasteiger charge is -2.46. The minimum Gasteiger partial charge on any atom is -0.324 e. The first-order valence-corrected chi connectivity index (χ1v) is 10.7. The maximum atomic E-state index is 13.5. The van der Waals surface area contributed by atoms with Gasteiger partial charge in [-0.15, -0.1) is 10.2 Å². The standard InChI is InChI=1S/C22H19ClF3N5O/c1-12-15(5-3-6-16(12)22(24,25)26)21(32)31-14-4-2-7-18(31)20-29-28-19(30(20)11-14)17-9-8-13(23)10-27-17/h3,5-6,8-10,14,18H,2,4,7,11H2,1H3/t14-,18?/m1/s1. The second-order valence-electron chi connectivity index (χ2n) is 8.14. The van der Waals surface area contributed by atoms with E-state index in [1.54, 1.807) is 17.0 Å². The number of alkyl halides is 3. The lowest BCUT2D eigenvalue weighted by molar-refractivity contribution is -0.138. The Hall–Kier alpha value is -2.94. The third-order valence-electron chi connectivity index (χ3n) is 6.28. The fourth-order valence-electron chi connectivity index (χ4n) is 4.78. The number of aromatic nitrogens is 4. The molecule has 2 aliphatic rings. The fourth-order valence-corrected chi connectivity index (χ4v) is 4.89. The number of carbonyl (C=O) groups excluding carboxylic acids is 1. The van der Waals surface area contributed by atoms with E-state index in [0.29, 0.717) is 35.3 Å². The van der Waals surface area contributed by atoms with Crippen LogP contribution in [0.4, 0.5) is 13.2 Å². The van der Waals surface area contributed by atoms with Crippen molar-refractivity contribution in [1.82, 2.24) is 24.6 Å². The van der Waals surface area contributed by atoms with Gasteiger partial charge in [0.1, 0.15) is 5.69 Å². The molecule has 5 rings (SSSR count). The molecule has 0 saturated carbocycles. The fraction of sp³-hybridized carbons (Fsp3) is 0.364. The van der Waals surface area contributed by atoms with E-state index in [2.05, 4.69) is 15.2 Å². The zero-order valence-corrected chi connectivity index (χ0v) is 17.9. The molecule has 1 unspecified atom stereocenters. The first-order valence-electron chi connectivity index (χ1n) is 10.3. The third kappa shape index (κ3) is 3.35. The van der Waals surface area contributed by atoms with E-state index in [0.717, 1.165) is 18.9 Å². The number of fused-ring (bicyclic) bond motifs is 4. The van der Waals surface area contributed by atoms with Crippen molar-refractivity contribution in [2.24, 2.45) is 0 Å². The second kappa shape index (κ2) is 7.58. The number of piperidine rings is 1. The minimum absolute atomic E-state index is 0.0545. The molecule has 3 aromatic rings. The highest BCUT2D eigenvalue weighted by Gasteiger charge is 2.44. The summed E-state index contributed by atoms with van der Waals surface area (Å²) in [6.07, 6.45) is -0.646. The molecule has 0 radical (unpaired) electrons. The molecule has 10 heteroatoms. The number of carbonyl (C=O) groups is 1. The van der Waals surface area contributed by atoms with Gasteiger partial charge in [0, 0.05) is 18.3 Å². The molecule has 1 amide bonds. The Morgan fingerprint density at radius 1 is 1.16 bits per heavy atom. The highest BCUT2D eigenvalue weighted by Crippen LogP contribution is 2.41. The first-order chi connectivity index (χ1) is 15.3. The van der Waals surface area contributed by atoms with Crippen LogP contribution < -0.4 is 0 Å². The van der Waals surface area contributed by atoms with Crippen LogP contribution in [0, 0.1) is 6.92 Å². The lowest BCUT2D eigenvalue weighted by Crippen LogP contribution is -2.52. The van der Waals surface area contributed by atoms with E-state index >= 15 is 0 Å². The largest absolute Gasteiger partial charge is 0.416 e. The highest BCUT2D eigenvalue weighted by molar-refractivity contribution is 6.30. The molecule has 1 saturated heterocycles. The average molecular weight is 462 g/mol. The molecule has 4 heterocycles. The SMILES string of the molecule is Cc1c(C(=O)N2C3CCC[C@@H]2Cn2c(-c4ccc(Cl)cn4)nnc23)cccc1C(F)(F)F. The summed E-state index contributed by atoms with van der Waals surface area (Å²) in [4.78, 5) is 19.5. The summed E-state index contributed by atoms with van der Waals surface area (Å²) in [5, 5.41) is 9.17. The van der Waals surface area contributed by atoms with Crippen molar-refractivity contribution in [3.63, 3.8) is 0 Å². The van der Waals surface area contributed by atoms with E-state index in [9.17, 15) is 18.0 Å². The number of hydrogen-bond donors (Lipinski definition) is 0. The van der Waals surface area contributed by atoms with Crippen molar-refractivity contribution in [3.05, 3.63) is 64.1 Å². The monoisotopic (exact) mass is 461 g/mol. The van der Waals surface area contributed by atoms with Crippen LogP contribution in [-0.4, -0.2) is 36.6 Å². The Morgan fingerprint density at radius 2 is 1.97 bits per heavy atom. The Labute approximate surface area is 187 Å². The van der Waals surface area contributed by atoms with Crippen LogP contribution in [0.2, 0.25) is 5.02 Å². The molecular formula is C22H19ClF3N5O. The minimum atomic E-state index is -4.52. The molecule has 0 N–H and O–H groups in total. The van der Waals surface area contributed by atoms with Gasteiger partial charge < -0.3 is 9.47 Å². The molecule has 0 aliphatic carbocycles. The number of nitrogens with zero attached hydrogens (tertiary/aromatic N) is 5. The summed E-state index contributed by atoms with van der Waals surface area (Å²) in [6, 6.07) is 6.73. The number of amides is 1. The van der Waals surface area contributed by atoms with Gasteiger partial charge >= 0.3 is 6.18 Å². The summed E-state index contributed by atoms with van der Waals surface area (Å²) in [5.74, 6) is 0.824. The van der Waals surface area contributed by atoms with Crippen molar-refractivity contribution >= 4 is 17.5 Å². The molecule has 1 aromatic carbocycles. The smallest absolute Gasteiger partial charge is 0.324 e. The topological polar surface area (TPSA) is 63.9 Å². The first kappa shape index (κ1) is 20.9. The van der Waals surface area contributed by atoms with Gasteiger partial charge in [-0.2, -0.15) is 13.2 Å². The number of hydrogen-bond acceptors (Lipinski definition) is 4. The summed E-state index contributed by atoms with van der Waals surface area (Å²) in [5.41, 5.74) is -0.144. The predicted molar refractivity (Wildman–Crippen MR) is 111 cm³/mol. The summed E-state index contributed by atoms with van der Waals surface area (Å²) < 4.78 is 42.1. The quantitative estimate of drug-likeness (QED) is 0.534. The van der Waals surface area contributed by atoms with Gasteiger partial charge in [0.15, 0.2) is 11.6 Å². The van der Waals surface area contributed by atoms with E-state index in [1.807, 2.05) is 4.57 Å². The van der Waals surface area contributed by atoms with E-state index in [-0.39, 0.29) is 23.2 Å². The molecule has 2 atom stereocenters. The van der Waals surface area contributed by atoms with Crippen molar-refractivity contribution in [2.75, 3.05) is 0 Å². The number of pyridine rings is 1. The molecule has 0 spiro atoms. The van der Waals surface area contributed by atoms with E-state index in [1.165, 1.54) is 25.3 Å². The Morgan fingerprint density at radius 3 is 2.69 bits per heavy atom. The van der Waals surface area contributed by atoms with E-state index < -0.39 is 17.6 Å². The Balaban J connectivity index is 1.54. The predicted octanol–water partition coefficient (Wildman–Crippen LogP) is 5.07. The van der Waals surface area contributed by atoms with Crippen molar-refractivity contribution in [1.29, 1.82) is 0 Å². The zero-order chi connectivity index (χ0) is 22.6. The second-order valence-corrected chi connectivity index (χ2v) is 8.58. The van der Waals surface area contributed by atoms with Gasteiger partial charge in [-0.1, -0.05) is 17.7 Å². The van der Waals surface area contributed by atoms with Gasteiger partial charge in [0.25, 0.3) is 5.91 Å². The van der Waals surface area contributed by atoms with Gasteiger partial charge in [0.2, 0.25) is 0 Å². The van der Waals surface area contributed by atoms with Gasteiger partial charge in [-0.3, -0.25) is 9.78 Å². The Kier molecular flexibility index (Phi) is 4.96. The number of rotatable bonds is 2. The Bertz CT molecular complexity index is 1190. The number of benzene rings is 1. The molecule has 166 valence electrons. The van der Waals surface area contributed by atoms with Crippen molar-refractivity contribution in [2.45, 2.75) is 51.0 Å². The summed E-state index contributed by atoms with van der Waals surface area (Å²) in [6.45, 7) is 1.81. The molecule has 32 heavy (non-hydrogen) atoms. The van der Waals surface area contributed by atoms with E-state index in [4.69, 9.17) is 11.6 Å². The van der Waals surface area contributed by atoms with Crippen LogP contribution in [0.3, 0.4) is 0 Å². The van der Waals surface area contributed by atoms with Gasteiger partial charge in [-0.05, 0) is 56.0 Å². The van der Waals surface area contributed by atoms with Crippen LogP contribution >= 0.6 is 11.6 Å². The molecule has 2 bridgehead atoms.